The number of rotatable bonds is 6. The van der Waals surface area contributed by atoms with Gasteiger partial charge in [0.25, 0.3) is 0 Å². The fraction of sp³-hybridized carbons (Fsp3) is 0.333. The maximum Gasteiger partial charge on any atom is 0.343 e. The molecule has 138 valence electrons. The van der Waals surface area contributed by atoms with Crippen molar-refractivity contribution in [3.05, 3.63) is 40.7 Å². The number of aliphatic hydroxyl groups excluding tert-OH is 1. The smallest absolute Gasteiger partial charge is 0.343 e. The van der Waals surface area contributed by atoms with Crippen LogP contribution in [0.1, 0.15) is 24.2 Å². The fourth-order valence-corrected chi connectivity index (χ4v) is 2.97. The van der Waals surface area contributed by atoms with Crippen molar-refractivity contribution in [2.24, 2.45) is 0 Å². The summed E-state index contributed by atoms with van der Waals surface area (Å²) in [7, 11) is 0. The summed E-state index contributed by atoms with van der Waals surface area (Å²) in [6.07, 6.45) is 1.79. The minimum atomic E-state index is -0.479. The molecule has 7 nitrogen and oxygen atoms in total. The van der Waals surface area contributed by atoms with E-state index in [0.29, 0.717) is 29.5 Å². The molecular formula is C18H20ClN3O4. The Bertz CT molecular complexity index is 869. The van der Waals surface area contributed by atoms with E-state index in [1.54, 1.807) is 25.3 Å². The van der Waals surface area contributed by atoms with Gasteiger partial charge in [0.1, 0.15) is 5.56 Å². The van der Waals surface area contributed by atoms with Crippen LogP contribution in [-0.4, -0.2) is 42.5 Å². The van der Waals surface area contributed by atoms with Crippen molar-refractivity contribution < 1.29 is 19.4 Å². The molecule has 1 aromatic carbocycles. The Labute approximate surface area is 156 Å². The number of carbonyl (C=O) groups is 1. The molecule has 0 bridgehead atoms. The number of pyridine rings is 1. The second kappa shape index (κ2) is 7.80. The number of anilines is 1. The molecule has 0 spiro atoms. The average Bonchev–Trinajstić information content (AvgIpc) is 3.10. The van der Waals surface area contributed by atoms with Gasteiger partial charge in [-0.25, -0.2) is 9.78 Å². The van der Waals surface area contributed by atoms with E-state index in [2.05, 4.69) is 10.3 Å². The third kappa shape index (κ3) is 3.54. The van der Waals surface area contributed by atoms with E-state index in [1.165, 1.54) is 0 Å². The minimum Gasteiger partial charge on any atom is -0.477 e. The quantitative estimate of drug-likeness (QED) is 0.748. The van der Waals surface area contributed by atoms with Crippen LogP contribution in [0.2, 0.25) is 5.02 Å². The number of esters is 1. The number of hydrogen-bond acceptors (Lipinski definition) is 7. The normalized spacial score (nSPS) is 13.5. The van der Waals surface area contributed by atoms with E-state index >= 15 is 0 Å². The molecule has 0 fully saturated rings. The van der Waals surface area contributed by atoms with Gasteiger partial charge in [-0.2, -0.15) is 0 Å². The highest BCUT2D eigenvalue weighted by Crippen LogP contribution is 2.34. The van der Waals surface area contributed by atoms with Crippen molar-refractivity contribution in [1.82, 2.24) is 10.3 Å². The van der Waals surface area contributed by atoms with E-state index < -0.39 is 5.97 Å². The zero-order valence-electron chi connectivity index (χ0n) is 14.6. The van der Waals surface area contributed by atoms with E-state index in [-0.39, 0.29) is 24.7 Å². The summed E-state index contributed by atoms with van der Waals surface area (Å²) in [5.41, 5.74) is 2.35. The third-order valence-corrected chi connectivity index (χ3v) is 4.20. The number of carbonyl (C=O) groups excluding carboxylic acids is 1. The van der Waals surface area contributed by atoms with E-state index in [1.807, 2.05) is 17.9 Å². The van der Waals surface area contributed by atoms with Crippen molar-refractivity contribution >= 4 is 34.2 Å². The van der Waals surface area contributed by atoms with Gasteiger partial charge in [0.05, 0.1) is 48.4 Å². The zero-order chi connectivity index (χ0) is 18.7. The number of nitrogens with one attached hydrogen (secondary N) is 1. The van der Waals surface area contributed by atoms with Crippen LogP contribution in [0.15, 0.2) is 30.1 Å². The predicted octanol–water partition coefficient (Wildman–Crippen LogP) is 2.66. The molecule has 0 saturated heterocycles. The molecular weight excluding hydrogens is 358 g/mol. The first-order valence-corrected chi connectivity index (χ1v) is 8.71. The minimum absolute atomic E-state index is 0.0754. The van der Waals surface area contributed by atoms with Crippen molar-refractivity contribution in [2.75, 3.05) is 31.4 Å². The van der Waals surface area contributed by atoms with E-state index in [4.69, 9.17) is 21.1 Å². The highest BCUT2D eigenvalue weighted by Gasteiger charge is 2.20. The second-order valence-corrected chi connectivity index (χ2v) is 6.02. The Balaban J connectivity index is 2.09. The van der Waals surface area contributed by atoms with Crippen LogP contribution >= 0.6 is 11.6 Å². The van der Waals surface area contributed by atoms with Crippen molar-refractivity contribution in [3.63, 3.8) is 0 Å². The number of ether oxygens (including phenoxy) is 2. The van der Waals surface area contributed by atoms with Crippen LogP contribution in [0, 0.1) is 0 Å². The van der Waals surface area contributed by atoms with Crippen LogP contribution in [0.5, 0.6) is 5.88 Å². The summed E-state index contributed by atoms with van der Waals surface area (Å²) in [5.74, 6) is -0.250. The Morgan fingerprint density at radius 3 is 2.81 bits per heavy atom. The number of nitrogens with zero attached hydrogens (tertiary/aromatic N) is 2. The van der Waals surface area contributed by atoms with Gasteiger partial charge in [-0.1, -0.05) is 11.6 Å². The highest BCUT2D eigenvalue weighted by atomic mass is 35.5. The molecule has 0 saturated carbocycles. The molecule has 2 N–H and O–H groups in total. The Kier molecular flexibility index (Phi) is 5.49. The molecule has 1 aliphatic heterocycles. The van der Waals surface area contributed by atoms with Gasteiger partial charge in [-0.3, -0.25) is 0 Å². The van der Waals surface area contributed by atoms with Crippen LogP contribution in [0.25, 0.3) is 10.9 Å². The largest absolute Gasteiger partial charge is 0.477 e. The van der Waals surface area contributed by atoms with Crippen LogP contribution in [0.4, 0.5) is 5.69 Å². The molecule has 0 aliphatic carbocycles. The second-order valence-electron chi connectivity index (χ2n) is 5.61. The maximum absolute atomic E-state index is 12.2. The van der Waals surface area contributed by atoms with Gasteiger partial charge in [0.15, 0.2) is 0 Å². The van der Waals surface area contributed by atoms with E-state index in [0.717, 1.165) is 11.1 Å². The highest BCUT2D eigenvalue weighted by molar-refractivity contribution is 6.34. The Morgan fingerprint density at radius 2 is 2.15 bits per heavy atom. The summed E-state index contributed by atoms with van der Waals surface area (Å²) < 4.78 is 10.6. The number of aromatic nitrogens is 1. The van der Waals surface area contributed by atoms with Crippen LogP contribution in [0.3, 0.4) is 0 Å². The third-order valence-electron chi connectivity index (χ3n) is 3.89. The number of benzene rings is 1. The van der Waals surface area contributed by atoms with Gasteiger partial charge < -0.3 is 24.8 Å². The summed E-state index contributed by atoms with van der Waals surface area (Å²) >= 11 is 6.42. The van der Waals surface area contributed by atoms with Gasteiger partial charge in [-0.05, 0) is 32.0 Å². The number of halogens is 1. The summed E-state index contributed by atoms with van der Waals surface area (Å²) in [4.78, 5) is 18.6. The van der Waals surface area contributed by atoms with Gasteiger partial charge in [0, 0.05) is 11.6 Å². The fourth-order valence-electron chi connectivity index (χ4n) is 2.71. The van der Waals surface area contributed by atoms with Crippen molar-refractivity contribution in [1.29, 1.82) is 0 Å². The first kappa shape index (κ1) is 18.3. The van der Waals surface area contributed by atoms with Gasteiger partial charge in [0.2, 0.25) is 5.88 Å². The van der Waals surface area contributed by atoms with Crippen LogP contribution in [-0.2, 0) is 4.74 Å². The molecule has 0 unspecified atom stereocenters. The van der Waals surface area contributed by atoms with Gasteiger partial charge in [-0.15, -0.1) is 0 Å². The molecule has 0 radical (unpaired) electrons. The first-order valence-electron chi connectivity index (χ1n) is 8.33. The predicted molar refractivity (Wildman–Crippen MR) is 99.5 cm³/mol. The lowest BCUT2D eigenvalue weighted by atomic mass is 10.1. The average molecular weight is 378 g/mol. The lowest BCUT2D eigenvalue weighted by molar-refractivity contribution is 0.0521. The SMILES string of the molecule is CCOC(=O)c1cc2cc(N3C=C(CO)NC3)c(Cl)cc2nc1OCC. The van der Waals surface area contributed by atoms with Crippen molar-refractivity contribution in [3.8, 4) is 5.88 Å². The molecule has 26 heavy (non-hydrogen) atoms. The van der Waals surface area contributed by atoms with Gasteiger partial charge >= 0.3 is 5.97 Å². The molecule has 1 aromatic heterocycles. The molecule has 0 atom stereocenters. The maximum atomic E-state index is 12.2. The van der Waals surface area contributed by atoms with Crippen molar-refractivity contribution in [2.45, 2.75) is 13.8 Å². The molecule has 2 heterocycles. The number of hydrogen-bond donors (Lipinski definition) is 2. The Hall–Kier alpha value is -2.51. The molecule has 3 rings (SSSR count). The zero-order valence-corrected chi connectivity index (χ0v) is 15.3. The summed E-state index contributed by atoms with van der Waals surface area (Å²) in [5, 5.41) is 13.6. The lowest BCUT2D eigenvalue weighted by Crippen LogP contribution is -2.21. The van der Waals surface area contributed by atoms with Crippen LogP contribution < -0.4 is 15.0 Å². The standard InChI is InChI=1S/C18H20ClN3O4/c1-3-25-17-13(18(24)26-4-2)5-11-6-16(14(19)7-15(11)21-17)22-8-12(9-23)20-10-22/h5-8,20,23H,3-4,9-10H2,1-2H3. The molecule has 0 amide bonds. The number of fused-ring (bicyclic) bond motifs is 1. The molecule has 1 aliphatic rings. The topological polar surface area (TPSA) is 83.9 Å². The summed E-state index contributed by atoms with van der Waals surface area (Å²) in [6, 6.07) is 5.28. The molecule has 8 heteroatoms. The summed E-state index contributed by atoms with van der Waals surface area (Å²) in [6.45, 7) is 4.63. The number of aliphatic hydroxyl groups is 1. The van der Waals surface area contributed by atoms with E-state index in [9.17, 15) is 9.90 Å². The first-order chi connectivity index (χ1) is 12.6. The molecule has 2 aromatic rings. The monoisotopic (exact) mass is 377 g/mol. The Morgan fingerprint density at radius 1 is 1.35 bits per heavy atom. The lowest BCUT2D eigenvalue weighted by Gasteiger charge is -2.18.